The van der Waals surface area contributed by atoms with Crippen molar-refractivity contribution in [2.24, 2.45) is 0 Å². The Hall–Kier alpha value is -3.51. The summed E-state index contributed by atoms with van der Waals surface area (Å²) in [4.78, 5) is 31.3. The molecule has 3 rings (SSSR count). The van der Waals surface area contributed by atoms with Gasteiger partial charge < -0.3 is 15.6 Å². The van der Waals surface area contributed by atoms with Crippen LogP contribution >= 0.6 is 0 Å². The molecular weight excluding hydrogens is 451 g/mol. The predicted octanol–water partition coefficient (Wildman–Crippen LogP) is 3.22. The molecule has 0 radical (unpaired) electrons. The van der Waals surface area contributed by atoms with Crippen LogP contribution in [0.3, 0.4) is 0 Å². The number of carbonyl (C=O) groups excluding carboxylic acids is 2. The Labute approximate surface area is 184 Å². The first-order valence-electron chi connectivity index (χ1n) is 9.91. The Morgan fingerprint density at radius 3 is 2.64 bits per heavy atom. The Morgan fingerprint density at radius 2 is 1.94 bits per heavy atom. The molecule has 0 bridgehead atoms. The number of alkyl halides is 5. The van der Waals surface area contributed by atoms with Gasteiger partial charge in [0, 0.05) is 18.7 Å². The molecule has 0 unspecified atom stereocenters. The second-order valence-electron chi connectivity index (χ2n) is 7.33. The molecule has 3 aromatic rings. The van der Waals surface area contributed by atoms with Crippen molar-refractivity contribution >= 4 is 22.8 Å². The van der Waals surface area contributed by atoms with Gasteiger partial charge in [-0.1, -0.05) is 6.07 Å². The standard InChI is InChI=1S/C20H21F5N6O2/c1-11-13(8-28-31(11)10-16(21)22)19(33)27-9-17-29-14-3-2-12(6-15(14)30-17)7-26-18(32)4-5-20(23,24)25/h2-3,6,8,16H,4-5,7,9-10H2,1H3,(H,26,32)(H,27,33)(H,29,30). The molecule has 2 heterocycles. The van der Waals surface area contributed by atoms with Crippen molar-refractivity contribution in [1.82, 2.24) is 30.4 Å². The lowest BCUT2D eigenvalue weighted by atomic mass is 10.2. The van der Waals surface area contributed by atoms with Crippen molar-refractivity contribution in [3.8, 4) is 0 Å². The van der Waals surface area contributed by atoms with Crippen molar-refractivity contribution in [2.45, 2.75) is 52.0 Å². The highest BCUT2D eigenvalue weighted by atomic mass is 19.4. The number of amides is 2. The number of aromatic nitrogens is 4. The zero-order valence-electron chi connectivity index (χ0n) is 17.5. The zero-order chi connectivity index (χ0) is 24.2. The lowest BCUT2D eigenvalue weighted by Gasteiger charge is -2.07. The molecule has 0 atom stereocenters. The quantitative estimate of drug-likeness (QED) is 0.416. The molecule has 3 N–H and O–H groups in total. The molecule has 33 heavy (non-hydrogen) atoms. The third-order valence-corrected chi connectivity index (χ3v) is 4.80. The molecule has 8 nitrogen and oxygen atoms in total. The monoisotopic (exact) mass is 472 g/mol. The Bertz CT molecular complexity index is 1140. The van der Waals surface area contributed by atoms with E-state index in [4.69, 9.17) is 0 Å². The van der Waals surface area contributed by atoms with E-state index in [1.54, 1.807) is 18.2 Å². The van der Waals surface area contributed by atoms with Crippen LogP contribution < -0.4 is 10.6 Å². The number of H-pyrrole nitrogens is 1. The maximum absolute atomic E-state index is 12.5. The molecular formula is C20H21F5N6O2. The van der Waals surface area contributed by atoms with Gasteiger partial charge in [-0.05, 0) is 24.6 Å². The summed E-state index contributed by atoms with van der Waals surface area (Å²) in [6.07, 6.45) is -7.57. The van der Waals surface area contributed by atoms with E-state index in [2.05, 4.69) is 25.7 Å². The van der Waals surface area contributed by atoms with Crippen LogP contribution in [0.1, 0.15) is 40.3 Å². The van der Waals surface area contributed by atoms with Crippen molar-refractivity contribution < 1.29 is 31.5 Å². The number of hydrogen-bond donors (Lipinski definition) is 3. The third-order valence-electron chi connectivity index (χ3n) is 4.80. The summed E-state index contributed by atoms with van der Waals surface area (Å²) in [6, 6.07) is 5.04. The van der Waals surface area contributed by atoms with Gasteiger partial charge in [-0.3, -0.25) is 14.3 Å². The number of rotatable bonds is 9. The molecule has 2 aromatic heterocycles. The van der Waals surface area contributed by atoms with E-state index < -0.39 is 43.8 Å². The summed E-state index contributed by atoms with van der Waals surface area (Å²) >= 11 is 0. The average Bonchev–Trinajstić information content (AvgIpc) is 3.31. The van der Waals surface area contributed by atoms with Crippen LogP contribution in [0.15, 0.2) is 24.4 Å². The molecule has 0 aliphatic carbocycles. The first kappa shape index (κ1) is 24.1. The number of fused-ring (bicyclic) bond motifs is 1. The highest BCUT2D eigenvalue weighted by molar-refractivity contribution is 5.95. The smallest absolute Gasteiger partial charge is 0.352 e. The molecule has 0 saturated heterocycles. The molecule has 0 aliphatic heterocycles. The second-order valence-corrected chi connectivity index (χ2v) is 7.33. The van der Waals surface area contributed by atoms with Gasteiger partial charge in [-0.25, -0.2) is 13.8 Å². The van der Waals surface area contributed by atoms with Gasteiger partial charge in [0.05, 0.1) is 35.8 Å². The maximum Gasteiger partial charge on any atom is 0.389 e. The van der Waals surface area contributed by atoms with Crippen LogP contribution in [0.25, 0.3) is 11.0 Å². The van der Waals surface area contributed by atoms with Crippen molar-refractivity contribution in [3.05, 3.63) is 47.0 Å². The lowest BCUT2D eigenvalue weighted by molar-refractivity contribution is -0.144. The van der Waals surface area contributed by atoms with Crippen molar-refractivity contribution in [1.29, 1.82) is 0 Å². The number of nitrogens with one attached hydrogen (secondary N) is 3. The highest BCUT2D eigenvalue weighted by Gasteiger charge is 2.27. The van der Waals surface area contributed by atoms with Gasteiger partial charge in [0.15, 0.2) is 0 Å². The number of nitrogens with zero attached hydrogens (tertiary/aromatic N) is 3. The summed E-state index contributed by atoms with van der Waals surface area (Å²) < 4.78 is 62.7. The molecule has 13 heteroatoms. The molecule has 178 valence electrons. The number of aromatic amines is 1. The molecule has 2 amide bonds. The average molecular weight is 472 g/mol. The second kappa shape index (κ2) is 9.96. The molecule has 0 fully saturated rings. The van der Waals surface area contributed by atoms with Crippen LogP contribution in [0.4, 0.5) is 22.0 Å². The van der Waals surface area contributed by atoms with E-state index in [0.29, 0.717) is 28.1 Å². The van der Waals surface area contributed by atoms with Crippen LogP contribution in [0.5, 0.6) is 0 Å². The van der Waals surface area contributed by atoms with Gasteiger partial charge in [0.25, 0.3) is 12.3 Å². The summed E-state index contributed by atoms with van der Waals surface area (Å²) in [5.74, 6) is -0.759. The minimum atomic E-state index is -4.39. The van der Waals surface area contributed by atoms with Gasteiger partial charge in [0.2, 0.25) is 5.91 Å². The van der Waals surface area contributed by atoms with Crippen LogP contribution in [0, 0.1) is 6.92 Å². The number of halogens is 5. The number of hydrogen-bond acceptors (Lipinski definition) is 4. The van der Waals surface area contributed by atoms with Gasteiger partial charge in [-0.15, -0.1) is 0 Å². The van der Waals surface area contributed by atoms with E-state index >= 15 is 0 Å². The van der Waals surface area contributed by atoms with Gasteiger partial charge >= 0.3 is 6.18 Å². The Kier molecular flexibility index (Phi) is 7.29. The van der Waals surface area contributed by atoms with E-state index in [9.17, 15) is 31.5 Å². The summed E-state index contributed by atoms with van der Waals surface area (Å²) in [5, 5.41) is 8.87. The van der Waals surface area contributed by atoms with Gasteiger partial charge in [0.1, 0.15) is 12.4 Å². The van der Waals surface area contributed by atoms with E-state index in [1.165, 1.54) is 13.1 Å². The van der Waals surface area contributed by atoms with Gasteiger partial charge in [-0.2, -0.15) is 18.3 Å². The summed E-state index contributed by atoms with van der Waals surface area (Å²) in [6.45, 7) is 1.01. The minimum Gasteiger partial charge on any atom is -0.352 e. The summed E-state index contributed by atoms with van der Waals surface area (Å²) in [5.41, 5.74) is 2.35. The zero-order valence-corrected chi connectivity index (χ0v) is 17.5. The molecule has 0 aliphatic rings. The van der Waals surface area contributed by atoms with Crippen LogP contribution in [-0.2, 0) is 24.4 Å². The number of imidazole rings is 1. The predicted molar refractivity (Wildman–Crippen MR) is 107 cm³/mol. The summed E-state index contributed by atoms with van der Waals surface area (Å²) in [7, 11) is 0. The van der Waals surface area contributed by atoms with Crippen molar-refractivity contribution in [3.63, 3.8) is 0 Å². The lowest BCUT2D eigenvalue weighted by Crippen LogP contribution is -2.24. The normalized spacial score (nSPS) is 11.8. The fourth-order valence-corrected chi connectivity index (χ4v) is 3.09. The largest absolute Gasteiger partial charge is 0.389 e. The first-order chi connectivity index (χ1) is 15.5. The third kappa shape index (κ3) is 6.73. The Balaban J connectivity index is 1.56. The SMILES string of the molecule is Cc1c(C(=O)NCc2nc3ccc(CNC(=O)CCC(F)(F)F)cc3[nH]2)cnn1CC(F)F. The fourth-order valence-electron chi connectivity index (χ4n) is 3.09. The van der Waals surface area contributed by atoms with Crippen LogP contribution in [-0.4, -0.2) is 44.2 Å². The molecule has 0 saturated carbocycles. The molecule has 0 spiro atoms. The first-order valence-corrected chi connectivity index (χ1v) is 9.91. The Morgan fingerprint density at radius 1 is 1.18 bits per heavy atom. The van der Waals surface area contributed by atoms with E-state index in [1.807, 2.05) is 0 Å². The minimum absolute atomic E-state index is 0.0382. The highest BCUT2D eigenvalue weighted by Crippen LogP contribution is 2.21. The van der Waals surface area contributed by atoms with Crippen LogP contribution in [0.2, 0.25) is 0 Å². The molecule has 1 aromatic carbocycles. The topological polar surface area (TPSA) is 105 Å². The fraction of sp³-hybridized carbons (Fsp3) is 0.400. The van der Waals surface area contributed by atoms with E-state index in [-0.39, 0.29) is 18.7 Å². The van der Waals surface area contributed by atoms with Crippen molar-refractivity contribution in [2.75, 3.05) is 0 Å². The van der Waals surface area contributed by atoms with E-state index in [0.717, 1.165) is 4.68 Å². The number of benzene rings is 1. The number of carbonyl (C=O) groups is 2. The maximum atomic E-state index is 12.5.